The number of rotatable bonds is 0. The van der Waals surface area contributed by atoms with E-state index < -0.39 is 0 Å². The average molecular weight is 147 g/mol. The number of allylic oxidation sites excluding steroid dienone is 4. The van der Waals surface area contributed by atoms with Crippen LogP contribution in [0.25, 0.3) is 0 Å². The highest BCUT2D eigenvalue weighted by molar-refractivity contribution is 5.48. The van der Waals surface area contributed by atoms with Crippen molar-refractivity contribution < 1.29 is 0 Å². The molecule has 0 spiro atoms. The maximum Gasteiger partial charge on any atom is 0.0359 e. The van der Waals surface area contributed by atoms with Crippen LogP contribution < -0.4 is 0 Å². The summed E-state index contributed by atoms with van der Waals surface area (Å²) < 4.78 is 0. The Bertz CT molecular complexity index is 269. The summed E-state index contributed by atoms with van der Waals surface area (Å²) >= 11 is 0. The van der Waals surface area contributed by atoms with Crippen LogP contribution in [0, 0.1) is 0 Å². The summed E-state index contributed by atoms with van der Waals surface area (Å²) in [5.41, 5.74) is 4.37. The van der Waals surface area contributed by atoms with Gasteiger partial charge in [0.05, 0.1) is 0 Å². The highest BCUT2D eigenvalue weighted by Crippen LogP contribution is 2.29. The fourth-order valence-corrected chi connectivity index (χ4v) is 1.71. The zero-order chi connectivity index (χ0) is 7.84. The Morgan fingerprint density at radius 1 is 1.45 bits per heavy atom. The predicted molar refractivity (Wildman–Crippen MR) is 47.2 cm³/mol. The van der Waals surface area contributed by atoms with E-state index in [1.165, 1.54) is 16.8 Å². The monoisotopic (exact) mass is 147 g/mol. The van der Waals surface area contributed by atoms with E-state index in [4.69, 9.17) is 0 Å². The molecule has 0 unspecified atom stereocenters. The standard InChI is InChI=1S/C10H13N/c1-8-6-7-11(2)10-5-3-4-9(8)10/h3-4,6H,5,7H2,1-2H3. The Kier molecular flexibility index (Phi) is 1.38. The lowest BCUT2D eigenvalue weighted by Gasteiger charge is -2.25. The fraction of sp³-hybridized carbons (Fsp3) is 0.400. The van der Waals surface area contributed by atoms with Crippen LogP contribution in [0.2, 0.25) is 0 Å². The highest BCUT2D eigenvalue weighted by atomic mass is 15.1. The van der Waals surface area contributed by atoms with E-state index in [1.807, 2.05) is 0 Å². The van der Waals surface area contributed by atoms with Crippen molar-refractivity contribution in [2.24, 2.45) is 0 Å². The molecule has 0 aromatic carbocycles. The quantitative estimate of drug-likeness (QED) is 0.507. The molecule has 0 saturated heterocycles. The summed E-state index contributed by atoms with van der Waals surface area (Å²) in [5, 5.41) is 0. The molecule has 1 heteroatoms. The third-order valence-electron chi connectivity index (χ3n) is 2.46. The minimum absolute atomic E-state index is 1.08. The van der Waals surface area contributed by atoms with E-state index in [-0.39, 0.29) is 0 Å². The lowest BCUT2D eigenvalue weighted by atomic mass is 10.0. The number of hydrogen-bond acceptors (Lipinski definition) is 1. The van der Waals surface area contributed by atoms with Gasteiger partial charge in [0.15, 0.2) is 0 Å². The molecule has 1 aliphatic heterocycles. The minimum Gasteiger partial charge on any atom is -0.373 e. The summed E-state index contributed by atoms with van der Waals surface area (Å²) in [5.74, 6) is 0. The van der Waals surface area contributed by atoms with Crippen LogP contribution in [0.15, 0.2) is 35.1 Å². The highest BCUT2D eigenvalue weighted by Gasteiger charge is 2.17. The predicted octanol–water partition coefficient (Wildman–Crippen LogP) is 2.09. The van der Waals surface area contributed by atoms with Crippen LogP contribution in [0.5, 0.6) is 0 Å². The van der Waals surface area contributed by atoms with Gasteiger partial charge >= 0.3 is 0 Å². The van der Waals surface area contributed by atoms with Gasteiger partial charge in [-0.2, -0.15) is 0 Å². The fourth-order valence-electron chi connectivity index (χ4n) is 1.71. The summed E-state index contributed by atoms with van der Waals surface area (Å²) in [6, 6.07) is 0. The molecule has 0 radical (unpaired) electrons. The van der Waals surface area contributed by atoms with Gasteiger partial charge in [0.25, 0.3) is 0 Å². The minimum atomic E-state index is 1.08. The molecule has 2 rings (SSSR count). The second-order valence-electron chi connectivity index (χ2n) is 3.23. The van der Waals surface area contributed by atoms with Crippen molar-refractivity contribution in [1.29, 1.82) is 0 Å². The van der Waals surface area contributed by atoms with Crippen molar-refractivity contribution in [2.75, 3.05) is 13.6 Å². The maximum absolute atomic E-state index is 2.32. The molecule has 0 fully saturated rings. The summed E-state index contributed by atoms with van der Waals surface area (Å²) in [6.45, 7) is 3.27. The Labute approximate surface area is 67.7 Å². The molecule has 58 valence electrons. The molecule has 11 heavy (non-hydrogen) atoms. The van der Waals surface area contributed by atoms with Crippen molar-refractivity contribution in [3.8, 4) is 0 Å². The Balaban J connectivity index is 2.41. The van der Waals surface area contributed by atoms with Crippen molar-refractivity contribution >= 4 is 0 Å². The first-order valence-electron chi connectivity index (χ1n) is 4.07. The number of nitrogens with zero attached hydrogens (tertiary/aromatic N) is 1. The maximum atomic E-state index is 2.32. The zero-order valence-corrected chi connectivity index (χ0v) is 7.09. The third kappa shape index (κ3) is 0.917. The average Bonchev–Trinajstić information content (AvgIpc) is 2.45. The van der Waals surface area contributed by atoms with E-state index >= 15 is 0 Å². The molecule has 0 aromatic heterocycles. The van der Waals surface area contributed by atoms with Gasteiger partial charge in [-0.05, 0) is 18.1 Å². The topological polar surface area (TPSA) is 3.24 Å². The molecule has 0 saturated carbocycles. The molecule has 0 N–H and O–H groups in total. The van der Waals surface area contributed by atoms with Gasteiger partial charge in [-0.15, -0.1) is 0 Å². The van der Waals surface area contributed by atoms with Crippen molar-refractivity contribution in [3.63, 3.8) is 0 Å². The molecule has 0 atom stereocenters. The molecule has 0 amide bonds. The van der Waals surface area contributed by atoms with Crippen molar-refractivity contribution in [2.45, 2.75) is 13.3 Å². The van der Waals surface area contributed by atoms with Crippen molar-refractivity contribution in [1.82, 2.24) is 4.90 Å². The van der Waals surface area contributed by atoms with Gasteiger partial charge in [-0.1, -0.05) is 18.2 Å². The van der Waals surface area contributed by atoms with Gasteiger partial charge < -0.3 is 4.90 Å². The van der Waals surface area contributed by atoms with Gasteiger partial charge in [0.1, 0.15) is 0 Å². The molecule has 0 bridgehead atoms. The summed E-state index contributed by atoms with van der Waals surface area (Å²) in [6.07, 6.45) is 7.88. The van der Waals surface area contributed by atoms with E-state index in [0.29, 0.717) is 0 Å². The lowest BCUT2D eigenvalue weighted by molar-refractivity contribution is 0.447. The number of hydrogen-bond donors (Lipinski definition) is 0. The van der Waals surface area contributed by atoms with Crippen LogP contribution in [-0.2, 0) is 0 Å². The molecule has 1 nitrogen and oxygen atoms in total. The van der Waals surface area contributed by atoms with Crippen LogP contribution in [0.1, 0.15) is 13.3 Å². The Hall–Kier alpha value is -0.980. The largest absolute Gasteiger partial charge is 0.373 e. The van der Waals surface area contributed by atoms with Gasteiger partial charge in [0.2, 0.25) is 0 Å². The Morgan fingerprint density at radius 2 is 2.27 bits per heavy atom. The molecule has 0 aromatic rings. The summed E-state index contributed by atoms with van der Waals surface area (Å²) in [4.78, 5) is 2.32. The lowest BCUT2D eigenvalue weighted by Crippen LogP contribution is -2.21. The number of likely N-dealkylation sites (N-methyl/N-ethyl adjacent to an activating group) is 1. The normalized spacial score (nSPS) is 22.4. The summed E-state index contributed by atoms with van der Waals surface area (Å²) in [7, 11) is 2.16. The molecule has 1 heterocycles. The first kappa shape index (κ1) is 6.71. The van der Waals surface area contributed by atoms with Crippen LogP contribution >= 0.6 is 0 Å². The molecular formula is C10H13N. The SMILES string of the molecule is CC1=CCN(C)C2=C1C=CC2. The van der Waals surface area contributed by atoms with E-state index in [2.05, 4.69) is 37.1 Å². The van der Waals surface area contributed by atoms with E-state index in [9.17, 15) is 0 Å². The van der Waals surface area contributed by atoms with Gasteiger partial charge in [-0.3, -0.25) is 0 Å². The van der Waals surface area contributed by atoms with E-state index in [1.54, 1.807) is 0 Å². The second-order valence-corrected chi connectivity index (χ2v) is 3.23. The van der Waals surface area contributed by atoms with Crippen LogP contribution in [-0.4, -0.2) is 18.5 Å². The smallest absolute Gasteiger partial charge is 0.0359 e. The first-order valence-corrected chi connectivity index (χ1v) is 4.07. The van der Waals surface area contributed by atoms with Crippen LogP contribution in [0.3, 0.4) is 0 Å². The molecular weight excluding hydrogens is 134 g/mol. The first-order chi connectivity index (χ1) is 5.29. The zero-order valence-electron chi connectivity index (χ0n) is 7.09. The molecule has 1 aliphatic carbocycles. The van der Waals surface area contributed by atoms with Gasteiger partial charge in [-0.25, -0.2) is 0 Å². The van der Waals surface area contributed by atoms with E-state index in [0.717, 1.165) is 13.0 Å². The third-order valence-corrected chi connectivity index (χ3v) is 2.46. The van der Waals surface area contributed by atoms with Gasteiger partial charge in [0, 0.05) is 25.7 Å². The Morgan fingerprint density at radius 3 is 3.00 bits per heavy atom. The van der Waals surface area contributed by atoms with Crippen molar-refractivity contribution in [3.05, 3.63) is 35.1 Å². The van der Waals surface area contributed by atoms with Crippen LogP contribution in [0.4, 0.5) is 0 Å². The second kappa shape index (κ2) is 2.26. The molecule has 2 aliphatic rings.